The first kappa shape index (κ1) is 21.2. The van der Waals surface area contributed by atoms with E-state index in [1.165, 1.54) is 6.92 Å². The fourth-order valence-electron chi connectivity index (χ4n) is 3.62. The van der Waals surface area contributed by atoms with Gasteiger partial charge in [0.15, 0.2) is 5.78 Å². The lowest BCUT2D eigenvalue weighted by Gasteiger charge is -2.27. The number of nitrogens with zero attached hydrogens (tertiary/aromatic N) is 1. The third-order valence-corrected chi connectivity index (χ3v) is 5.18. The van der Waals surface area contributed by atoms with E-state index in [9.17, 15) is 19.2 Å². The summed E-state index contributed by atoms with van der Waals surface area (Å²) >= 11 is 0. The predicted octanol–water partition coefficient (Wildman–Crippen LogP) is 3.47. The Morgan fingerprint density at radius 1 is 1.03 bits per heavy atom. The summed E-state index contributed by atoms with van der Waals surface area (Å²) in [4.78, 5) is 50.8. The van der Waals surface area contributed by atoms with Gasteiger partial charge in [-0.1, -0.05) is 50.1 Å². The molecule has 1 atom stereocenters. The number of imide groups is 1. The number of Topliss-reactive ketones (excluding diaryl/α,β-unsaturated/α-hetero) is 1. The van der Waals surface area contributed by atoms with Gasteiger partial charge >= 0.3 is 6.03 Å². The Morgan fingerprint density at radius 2 is 1.70 bits per heavy atom. The van der Waals surface area contributed by atoms with E-state index < -0.39 is 17.5 Å². The molecule has 4 amide bonds. The number of benzene rings is 2. The molecule has 156 valence electrons. The molecule has 0 unspecified atom stereocenters. The summed E-state index contributed by atoms with van der Waals surface area (Å²) in [5.41, 5.74) is 0.489. The van der Waals surface area contributed by atoms with Crippen LogP contribution in [0.2, 0.25) is 0 Å². The highest BCUT2D eigenvalue weighted by atomic mass is 16.2. The maximum atomic E-state index is 13.3. The van der Waals surface area contributed by atoms with Crippen molar-refractivity contribution in [3.05, 3.63) is 65.7 Å². The van der Waals surface area contributed by atoms with Gasteiger partial charge in [0.25, 0.3) is 5.91 Å². The molecule has 0 bridgehead atoms. The third kappa shape index (κ3) is 4.25. The quantitative estimate of drug-likeness (QED) is 0.517. The first-order valence-electron chi connectivity index (χ1n) is 9.98. The van der Waals surface area contributed by atoms with Gasteiger partial charge in [0.2, 0.25) is 5.91 Å². The Kier molecular flexibility index (Phi) is 6.30. The molecule has 0 saturated carbocycles. The van der Waals surface area contributed by atoms with Crippen molar-refractivity contribution in [1.82, 2.24) is 10.2 Å². The SMILES string of the molecule is CCCC[C@]1(c2ccccc2)NC(=O)N(CC(=O)c2ccc(NC(C)=O)cc2)C1=O. The highest BCUT2D eigenvalue weighted by Gasteiger charge is 2.52. The second-order valence-electron chi connectivity index (χ2n) is 7.38. The third-order valence-electron chi connectivity index (χ3n) is 5.18. The molecule has 2 N–H and O–H groups in total. The van der Waals surface area contributed by atoms with Crippen molar-refractivity contribution >= 4 is 29.3 Å². The van der Waals surface area contributed by atoms with Gasteiger partial charge in [0, 0.05) is 18.2 Å². The average Bonchev–Trinajstić information content (AvgIpc) is 2.98. The fraction of sp³-hybridized carbons (Fsp3) is 0.304. The molecule has 7 nitrogen and oxygen atoms in total. The first-order chi connectivity index (χ1) is 14.4. The molecule has 0 aromatic heterocycles. The summed E-state index contributed by atoms with van der Waals surface area (Å²) in [6.45, 7) is 3.07. The topological polar surface area (TPSA) is 95.6 Å². The monoisotopic (exact) mass is 407 g/mol. The largest absolute Gasteiger partial charge is 0.326 e. The normalized spacial score (nSPS) is 18.3. The number of carbonyl (C=O) groups is 4. The molecule has 1 aliphatic rings. The highest BCUT2D eigenvalue weighted by Crippen LogP contribution is 2.34. The van der Waals surface area contributed by atoms with E-state index in [1.807, 2.05) is 37.3 Å². The van der Waals surface area contributed by atoms with Crippen LogP contribution in [0.5, 0.6) is 0 Å². The Hall–Kier alpha value is -3.48. The first-order valence-corrected chi connectivity index (χ1v) is 9.98. The number of carbonyl (C=O) groups excluding carboxylic acids is 4. The molecule has 7 heteroatoms. The number of nitrogens with one attached hydrogen (secondary N) is 2. The number of amides is 4. The lowest BCUT2D eigenvalue weighted by atomic mass is 9.85. The van der Waals surface area contributed by atoms with Crippen molar-refractivity contribution in [1.29, 1.82) is 0 Å². The minimum Gasteiger partial charge on any atom is -0.326 e. The van der Waals surface area contributed by atoms with Gasteiger partial charge in [-0.2, -0.15) is 0 Å². The van der Waals surface area contributed by atoms with Gasteiger partial charge in [-0.25, -0.2) is 4.79 Å². The highest BCUT2D eigenvalue weighted by molar-refractivity contribution is 6.11. The average molecular weight is 407 g/mol. The molecule has 1 aliphatic heterocycles. The summed E-state index contributed by atoms with van der Waals surface area (Å²) in [5, 5.41) is 5.47. The molecule has 0 aliphatic carbocycles. The minimum atomic E-state index is -1.15. The van der Waals surface area contributed by atoms with Gasteiger partial charge in [-0.15, -0.1) is 0 Å². The number of hydrogen-bond donors (Lipinski definition) is 2. The van der Waals surface area contributed by atoms with E-state index in [1.54, 1.807) is 24.3 Å². The number of urea groups is 1. The number of unbranched alkanes of at least 4 members (excludes halogenated alkanes) is 1. The van der Waals surface area contributed by atoms with Crippen LogP contribution < -0.4 is 10.6 Å². The van der Waals surface area contributed by atoms with Crippen LogP contribution in [-0.2, 0) is 15.1 Å². The molecule has 1 saturated heterocycles. The van der Waals surface area contributed by atoms with Crippen molar-refractivity contribution in [2.24, 2.45) is 0 Å². The second-order valence-corrected chi connectivity index (χ2v) is 7.38. The smallest absolute Gasteiger partial charge is 0.325 e. The molecule has 30 heavy (non-hydrogen) atoms. The second kappa shape index (κ2) is 8.90. The van der Waals surface area contributed by atoms with Gasteiger partial charge in [0.1, 0.15) is 5.54 Å². The fourth-order valence-corrected chi connectivity index (χ4v) is 3.62. The maximum Gasteiger partial charge on any atom is 0.325 e. The van der Waals surface area contributed by atoms with Crippen LogP contribution in [0.25, 0.3) is 0 Å². The molecule has 2 aromatic rings. The molecule has 3 rings (SSSR count). The Morgan fingerprint density at radius 3 is 2.30 bits per heavy atom. The van der Waals surface area contributed by atoms with E-state index in [0.29, 0.717) is 23.2 Å². The van der Waals surface area contributed by atoms with Crippen molar-refractivity contribution in [3.8, 4) is 0 Å². The number of anilines is 1. The van der Waals surface area contributed by atoms with Crippen molar-refractivity contribution < 1.29 is 19.2 Å². The van der Waals surface area contributed by atoms with Crippen molar-refractivity contribution in [3.63, 3.8) is 0 Å². The van der Waals surface area contributed by atoms with Gasteiger partial charge in [-0.05, 0) is 36.2 Å². The Labute approximate surface area is 175 Å². The lowest BCUT2D eigenvalue weighted by molar-refractivity contribution is -0.131. The number of rotatable bonds is 8. The van der Waals surface area contributed by atoms with Gasteiger partial charge < -0.3 is 10.6 Å². The van der Waals surface area contributed by atoms with Crippen LogP contribution in [0.1, 0.15) is 49.0 Å². The molecular weight excluding hydrogens is 382 g/mol. The predicted molar refractivity (Wildman–Crippen MR) is 113 cm³/mol. The standard InChI is InChI=1S/C23H25N3O4/c1-3-4-14-23(18-8-6-5-7-9-18)21(29)26(22(30)25-23)15-20(28)17-10-12-19(13-11-17)24-16(2)27/h5-13H,3-4,14-15H2,1-2H3,(H,24,27)(H,25,30)/t23-/m1/s1. The zero-order valence-corrected chi connectivity index (χ0v) is 17.1. The molecule has 1 fully saturated rings. The van der Waals surface area contributed by atoms with E-state index in [0.717, 1.165) is 17.7 Å². The van der Waals surface area contributed by atoms with Crippen molar-refractivity contribution in [2.45, 2.75) is 38.6 Å². The van der Waals surface area contributed by atoms with E-state index >= 15 is 0 Å². The summed E-state index contributed by atoms with van der Waals surface area (Å²) in [7, 11) is 0. The van der Waals surface area contributed by atoms with Crippen LogP contribution in [0.3, 0.4) is 0 Å². The van der Waals surface area contributed by atoms with E-state index in [4.69, 9.17) is 0 Å². The molecular formula is C23H25N3O4. The van der Waals surface area contributed by atoms with Gasteiger partial charge in [0.05, 0.1) is 6.54 Å². The van der Waals surface area contributed by atoms with Crippen LogP contribution >= 0.6 is 0 Å². The zero-order valence-electron chi connectivity index (χ0n) is 17.1. The molecule has 0 spiro atoms. The summed E-state index contributed by atoms with van der Waals surface area (Å²) < 4.78 is 0. The van der Waals surface area contributed by atoms with E-state index in [2.05, 4.69) is 10.6 Å². The van der Waals surface area contributed by atoms with Crippen LogP contribution in [0, 0.1) is 0 Å². The van der Waals surface area contributed by atoms with Crippen molar-refractivity contribution in [2.75, 3.05) is 11.9 Å². The lowest BCUT2D eigenvalue weighted by Crippen LogP contribution is -2.44. The maximum absolute atomic E-state index is 13.3. The molecule has 2 aromatic carbocycles. The van der Waals surface area contributed by atoms with Crippen LogP contribution in [0.4, 0.5) is 10.5 Å². The zero-order chi connectivity index (χ0) is 21.7. The summed E-state index contributed by atoms with van der Waals surface area (Å²) in [6, 6.07) is 14.9. The Balaban J connectivity index is 1.81. The van der Waals surface area contributed by atoms with E-state index in [-0.39, 0.29) is 18.2 Å². The molecule has 1 heterocycles. The number of ketones is 1. The van der Waals surface area contributed by atoms with Crippen LogP contribution in [0.15, 0.2) is 54.6 Å². The van der Waals surface area contributed by atoms with Gasteiger partial charge in [-0.3, -0.25) is 19.3 Å². The Bertz CT molecular complexity index is 956. The molecule has 0 radical (unpaired) electrons. The summed E-state index contributed by atoms with van der Waals surface area (Å²) in [6.07, 6.45) is 2.10. The van der Waals surface area contributed by atoms with Crippen LogP contribution in [-0.4, -0.2) is 35.1 Å². The summed E-state index contributed by atoms with van der Waals surface area (Å²) in [5.74, 6) is -0.972. The number of hydrogen-bond acceptors (Lipinski definition) is 4. The minimum absolute atomic E-state index is 0.210.